The molecular formula is C13H13BrN4O. The molecule has 0 atom stereocenters. The van der Waals surface area contributed by atoms with Crippen LogP contribution in [0.2, 0.25) is 0 Å². The summed E-state index contributed by atoms with van der Waals surface area (Å²) in [5.41, 5.74) is 2.11. The third kappa shape index (κ3) is 2.68. The Morgan fingerprint density at radius 1 is 1.37 bits per heavy atom. The van der Waals surface area contributed by atoms with Gasteiger partial charge in [0.05, 0.1) is 11.2 Å². The second-order valence-corrected chi connectivity index (χ2v) is 5.52. The molecule has 0 unspecified atom stereocenters. The van der Waals surface area contributed by atoms with E-state index >= 15 is 0 Å². The molecule has 1 fully saturated rings. The van der Waals surface area contributed by atoms with Gasteiger partial charge in [-0.2, -0.15) is 0 Å². The summed E-state index contributed by atoms with van der Waals surface area (Å²) in [6.45, 7) is 0. The molecule has 6 heteroatoms. The van der Waals surface area contributed by atoms with Crippen molar-refractivity contribution < 1.29 is 4.79 Å². The number of aromatic nitrogens is 2. The minimum atomic E-state index is -0.179. The van der Waals surface area contributed by atoms with E-state index in [1.807, 2.05) is 6.07 Å². The van der Waals surface area contributed by atoms with Crippen molar-refractivity contribution in [1.29, 1.82) is 0 Å². The number of nitrogens with zero attached hydrogens (tertiary/aromatic N) is 2. The summed E-state index contributed by atoms with van der Waals surface area (Å²) in [4.78, 5) is 20.4. The molecule has 0 aliphatic heterocycles. The van der Waals surface area contributed by atoms with E-state index in [9.17, 15) is 4.79 Å². The number of fused-ring (bicyclic) bond motifs is 1. The van der Waals surface area contributed by atoms with E-state index in [0.29, 0.717) is 17.2 Å². The van der Waals surface area contributed by atoms with Gasteiger partial charge in [-0.05, 0) is 47.3 Å². The Bertz CT molecular complexity index is 627. The summed E-state index contributed by atoms with van der Waals surface area (Å²) in [6, 6.07) is 3.76. The maximum atomic E-state index is 11.8. The maximum Gasteiger partial charge on any atom is 0.319 e. The number of halogens is 1. The van der Waals surface area contributed by atoms with Gasteiger partial charge in [-0.15, -0.1) is 0 Å². The highest BCUT2D eigenvalue weighted by Crippen LogP contribution is 2.22. The highest BCUT2D eigenvalue weighted by Gasteiger charge is 2.19. The number of carbonyl (C=O) groups is 1. The summed E-state index contributed by atoms with van der Waals surface area (Å²) in [6.07, 6.45) is 6.68. The molecule has 2 heterocycles. The van der Waals surface area contributed by atoms with Crippen LogP contribution < -0.4 is 10.6 Å². The Labute approximate surface area is 119 Å². The number of hydrogen-bond donors (Lipinski definition) is 2. The quantitative estimate of drug-likeness (QED) is 0.893. The molecule has 1 saturated carbocycles. The monoisotopic (exact) mass is 320 g/mol. The van der Waals surface area contributed by atoms with E-state index in [4.69, 9.17) is 0 Å². The van der Waals surface area contributed by atoms with Crippen molar-refractivity contribution in [3.8, 4) is 0 Å². The second kappa shape index (κ2) is 5.13. The van der Waals surface area contributed by atoms with Crippen LogP contribution >= 0.6 is 15.9 Å². The third-order valence-electron chi connectivity index (χ3n) is 3.23. The molecule has 0 bridgehead atoms. The number of urea groups is 1. The molecule has 3 rings (SSSR count). The normalized spacial score (nSPS) is 15.0. The standard InChI is InChI=1S/C13H13BrN4O/c14-8-6-11-12(16-7-8)10(4-5-15-11)18-13(19)17-9-2-1-3-9/h4-7,9H,1-3H2,(H2,15,17,18,19). The minimum absolute atomic E-state index is 0.179. The zero-order valence-corrected chi connectivity index (χ0v) is 11.8. The smallest absolute Gasteiger partial charge is 0.319 e. The molecule has 2 amide bonds. The Hall–Kier alpha value is -1.69. The fourth-order valence-electron chi connectivity index (χ4n) is 2.00. The Morgan fingerprint density at radius 3 is 2.95 bits per heavy atom. The third-order valence-corrected chi connectivity index (χ3v) is 3.67. The molecule has 0 saturated heterocycles. The molecule has 2 aromatic heterocycles. The lowest BCUT2D eigenvalue weighted by atomic mass is 9.93. The van der Waals surface area contributed by atoms with E-state index in [-0.39, 0.29) is 6.03 Å². The molecule has 2 N–H and O–H groups in total. The number of carbonyl (C=O) groups excluding carboxylic acids is 1. The number of nitrogens with one attached hydrogen (secondary N) is 2. The lowest BCUT2D eigenvalue weighted by Crippen LogP contribution is -2.41. The topological polar surface area (TPSA) is 66.9 Å². The van der Waals surface area contributed by atoms with Crippen molar-refractivity contribution in [3.63, 3.8) is 0 Å². The van der Waals surface area contributed by atoms with Gasteiger partial charge < -0.3 is 10.6 Å². The van der Waals surface area contributed by atoms with Gasteiger partial charge >= 0.3 is 6.03 Å². The summed E-state index contributed by atoms with van der Waals surface area (Å²) in [5, 5.41) is 5.77. The van der Waals surface area contributed by atoms with Crippen LogP contribution in [-0.2, 0) is 0 Å². The SMILES string of the molecule is O=C(Nc1ccnc2cc(Br)cnc12)NC1CCC1. The molecule has 0 aromatic carbocycles. The van der Waals surface area contributed by atoms with Crippen LogP contribution in [0.15, 0.2) is 29.0 Å². The molecule has 1 aliphatic carbocycles. The number of anilines is 1. The summed E-state index contributed by atoms with van der Waals surface area (Å²) < 4.78 is 0.864. The van der Waals surface area contributed by atoms with Crippen LogP contribution in [0, 0.1) is 0 Å². The van der Waals surface area contributed by atoms with E-state index in [0.717, 1.165) is 22.8 Å². The summed E-state index contributed by atoms with van der Waals surface area (Å²) >= 11 is 3.36. The number of rotatable bonds is 2. The lowest BCUT2D eigenvalue weighted by molar-refractivity contribution is 0.240. The molecular weight excluding hydrogens is 308 g/mol. The van der Waals surface area contributed by atoms with E-state index in [1.165, 1.54) is 6.42 Å². The Morgan fingerprint density at radius 2 is 2.21 bits per heavy atom. The highest BCUT2D eigenvalue weighted by atomic mass is 79.9. The molecule has 1 aliphatic rings. The van der Waals surface area contributed by atoms with Crippen LogP contribution in [0.3, 0.4) is 0 Å². The molecule has 0 spiro atoms. The Kier molecular flexibility index (Phi) is 3.33. The van der Waals surface area contributed by atoms with Crippen LogP contribution in [0.25, 0.3) is 11.0 Å². The van der Waals surface area contributed by atoms with Gasteiger partial charge in [-0.3, -0.25) is 9.97 Å². The maximum absolute atomic E-state index is 11.8. The molecule has 19 heavy (non-hydrogen) atoms. The van der Waals surface area contributed by atoms with Crippen molar-refractivity contribution in [2.45, 2.75) is 25.3 Å². The molecule has 2 aromatic rings. The average molecular weight is 321 g/mol. The zero-order chi connectivity index (χ0) is 13.2. The largest absolute Gasteiger partial charge is 0.335 e. The van der Waals surface area contributed by atoms with Gasteiger partial charge in [0.15, 0.2) is 0 Å². The van der Waals surface area contributed by atoms with Gasteiger partial charge in [0, 0.05) is 22.9 Å². The first-order chi connectivity index (χ1) is 9.22. The van der Waals surface area contributed by atoms with Crippen molar-refractivity contribution in [1.82, 2.24) is 15.3 Å². The fourth-order valence-corrected chi connectivity index (χ4v) is 2.32. The van der Waals surface area contributed by atoms with Crippen molar-refractivity contribution in [2.75, 3.05) is 5.32 Å². The Balaban J connectivity index is 1.81. The zero-order valence-electron chi connectivity index (χ0n) is 10.2. The van der Waals surface area contributed by atoms with Crippen LogP contribution in [-0.4, -0.2) is 22.0 Å². The number of amides is 2. The first-order valence-corrected chi connectivity index (χ1v) is 6.99. The fraction of sp³-hybridized carbons (Fsp3) is 0.308. The average Bonchev–Trinajstić information content (AvgIpc) is 2.34. The van der Waals surface area contributed by atoms with E-state index < -0.39 is 0 Å². The minimum Gasteiger partial charge on any atom is -0.335 e. The van der Waals surface area contributed by atoms with Gasteiger partial charge in [-0.1, -0.05) is 0 Å². The lowest BCUT2D eigenvalue weighted by Gasteiger charge is -2.26. The van der Waals surface area contributed by atoms with Gasteiger partial charge in [0.2, 0.25) is 0 Å². The van der Waals surface area contributed by atoms with Gasteiger partial charge in [0.1, 0.15) is 5.52 Å². The molecule has 5 nitrogen and oxygen atoms in total. The predicted molar refractivity (Wildman–Crippen MR) is 77.0 cm³/mol. The molecule has 98 valence electrons. The second-order valence-electron chi connectivity index (χ2n) is 4.61. The summed E-state index contributed by atoms with van der Waals surface area (Å²) in [5.74, 6) is 0. The molecule has 0 radical (unpaired) electrons. The van der Waals surface area contributed by atoms with Crippen molar-refractivity contribution >= 4 is 38.7 Å². The van der Waals surface area contributed by atoms with E-state index in [1.54, 1.807) is 18.5 Å². The first kappa shape index (κ1) is 12.3. The van der Waals surface area contributed by atoms with Crippen molar-refractivity contribution in [2.24, 2.45) is 0 Å². The predicted octanol–water partition coefficient (Wildman–Crippen LogP) is 3.07. The number of hydrogen-bond acceptors (Lipinski definition) is 3. The van der Waals surface area contributed by atoms with Crippen LogP contribution in [0.1, 0.15) is 19.3 Å². The van der Waals surface area contributed by atoms with E-state index in [2.05, 4.69) is 36.5 Å². The van der Waals surface area contributed by atoms with Crippen LogP contribution in [0.5, 0.6) is 0 Å². The number of pyridine rings is 2. The van der Waals surface area contributed by atoms with Crippen LogP contribution in [0.4, 0.5) is 10.5 Å². The van der Waals surface area contributed by atoms with Gasteiger partial charge in [-0.25, -0.2) is 4.79 Å². The van der Waals surface area contributed by atoms with Gasteiger partial charge in [0.25, 0.3) is 0 Å². The highest BCUT2D eigenvalue weighted by molar-refractivity contribution is 9.10. The van der Waals surface area contributed by atoms with Crippen molar-refractivity contribution in [3.05, 3.63) is 29.0 Å². The first-order valence-electron chi connectivity index (χ1n) is 6.20. The summed E-state index contributed by atoms with van der Waals surface area (Å²) in [7, 11) is 0.